The average Bonchev–Trinajstić information content (AvgIpc) is 2.25. The number of hydrogen-bond acceptors (Lipinski definition) is 5. The van der Waals surface area contributed by atoms with Gasteiger partial charge in [-0.05, 0) is 11.7 Å². The van der Waals surface area contributed by atoms with Crippen LogP contribution in [0, 0.1) is 5.92 Å². The van der Waals surface area contributed by atoms with Crippen LogP contribution in [0.25, 0.3) is 0 Å². The van der Waals surface area contributed by atoms with E-state index in [1.54, 1.807) is 11.8 Å². The maximum atomic E-state index is 11.4. The predicted octanol–water partition coefficient (Wildman–Crippen LogP) is 0.888. The van der Waals surface area contributed by atoms with Crippen molar-refractivity contribution >= 4 is 17.7 Å². The summed E-state index contributed by atoms with van der Waals surface area (Å²) in [6, 6.07) is -0.0131. The van der Waals surface area contributed by atoms with Gasteiger partial charge in [0.25, 0.3) is 0 Å². The fourth-order valence-electron chi connectivity index (χ4n) is 1.17. The molecule has 2 atom stereocenters. The molecule has 0 aliphatic heterocycles. The first kappa shape index (κ1) is 15.7. The van der Waals surface area contributed by atoms with Crippen molar-refractivity contribution in [3.63, 3.8) is 0 Å². The Labute approximate surface area is 102 Å². The molecule has 16 heavy (non-hydrogen) atoms. The highest BCUT2D eigenvalue weighted by Crippen LogP contribution is 2.10. The van der Waals surface area contributed by atoms with Crippen molar-refractivity contribution in [3.8, 4) is 0 Å². The number of aliphatic hydroxyl groups excluding tert-OH is 1. The van der Waals surface area contributed by atoms with E-state index in [-0.39, 0.29) is 30.6 Å². The standard InChI is InChI=1S/C11H23NO3S/c1-8(2)12-10(11(14)15-4)7-16-6-9(3)5-13/h8-10,12-13H,5-7H2,1-4H3. The lowest BCUT2D eigenvalue weighted by atomic mass is 10.2. The summed E-state index contributed by atoms with van der Waals surface area (Å²) in [6.45, 7) is 6.16. The third kappa shape index (κ3) is 7.09. The second kappa shape index (κ2) is 8.84. The van der Waals surface area contributed by atoms with E-state index < -0.39 is 0 Å². The zero-order valence-corrected chi connectivity index (χ0v) is 11.3. The average molecular weight is 249 g/mol. The van der Waals surface area contributed by atoms with Gasteiger partial charge in [0.15, 0.2) is 0 Å². The highest BCUT2D eigenvalue weighted by atomic mass is 32.2. The summed E-state index contributed by atoms with van der Waals surface area (Å²) >= 11 is 1.66. The van der Waals surface area contributed by atoms with E-state index in [4.69, 9.17) is 9.84 Å². The largest absolute Gasteiger partial charge is 0.468 e. The predicted molar refractivity (Wildman–Crippen MR) is 67.7 cm³/mol. The van der Waals surface area contributed by atoms with Crippen LogP contribution in [0.1, 0.15) is 20.8 Å². The molecule has 4 nitrogen and oxygen atoms in total. The molecule has 0 aromatic heterocycles. The molecule has 0 aliphatic rings. The molecule has 0 saturated heterocycles. The molecule has 0 aliphatic carbocycles. The van der Waals surface area contributed by atoms with Gasteiger partial charge in [-0.2, -0.15) is 11.8 Å². The van der Waals surface area contributed by atoms with Crippen LogP contribution in [0.2, 0.25) is 0 Å². The molecule has 2 unspecified atom stereocenters. The number of carbonyl (C=O) groups is 1. The topological polar surface area (TPSA) is 58.6 Å². The zero-order valence-electron chi connectivity index (χ0n) is 10.5. The quantitative estimate of drug-likeness (QED) is 0.626. The zero-order chi connectivity index (χ0) is 12.6. The summed E-state index contributed by atoms with van der Waals surface area (Å²) < 4.78 is 4.73. The van der Waals surface area contributed by atoms with Crippen LogP contribution in [0.15, 0.2) is 0 Å². The summed E-state index contributed by atoms with van der Waals surface area (Å²) in [5, 5.41) is 12.0. The molecule has 2 N–H and O–H groups in total. The van der Waals surface area contributed by atoms with Gasteiger partial charge in [-0.25, -0.2) is 0 Å². The van der Waals surface area contributed by atoms with Crippen LogP contribution in [-0.2, 0) is 9.53 Å². The number of thioether (sulfide) groups is 1. The third-order valence-electron chi connectivity index (χ3n) is 2.02. The fraction of sp³-hybridized carbons (Fsp3) is 0.909. The van der Waals surface area contributed by atoms with Crippen LogP contribution < -0.4 is 5.32 Å². The number of hydrogen-bond donors (Lipinski definition) is 2. The lowest BCUT2D eigenvalue weighted by Crippen LogP contribution is -2.43. The Morgan fingerprint density at radius 3 is 2.44 bits per heavy atom. The van der Waals surface area contributed by atoms with E-state index >= 15 is 0 Å². The number of carbonyl (C=O) groups excluding carboxylic acids is 1. The van der Waals surface area contributed by atoms with Gasteiger partial charge in [0.2, 0.25) is 0 Å². The number of rotatable bonds is 8. The SMILES string of the molecule is COC(=O)C(CSCC(C)CO)NC(C)C. The Bertz CT molecular complexity index is 200. The number of esters is 1. The molecule has 0 radical (unpaired) electrons. The van der Waals surface area contributed by atoms with Gasteiger partial charge in [-0.15, -0.1) is 0 Å². The Balaban J connectivity index is 3.97. The molecule has 0 amide bonds. The minimum Gasteiger partial charge on any atom is -0.468 e. The minimum absolute atomic E-state index is 0.188. The Kier molecular flexibility index (Phi) is 8.70. The summed E-state index contributed by atoms with van der Waals surface area (Å²) in [7, 11) is 1.40. The van der Waals surface area contributed by atoms with E-state index in [0.29, 0.717) is 5.75 Å². The number of ether oxygens (including phenoxy) is 1. The molecule has 0 fully saturated rings. The van der Waals surface area contributed by atoms with Crippen LogP contribution in [-0.4, -0.2) is 48.4 Å². The van der Waals surface area contributed by atoms with E-state index in [1.807, 2.05) is 20.8 Å². The molecule has 0 aromatic rings. The Morgan fingerprint density at radius 1 is 1.38 bits per heavy atom. The van der Waals surface area contributed by atoms with Crippen molar-refractivity contribution in [2.75, 3.05) is 25.2 Å². The second-order valence-corrected chi connectivity index (χ2v) is 5.30. The third-order valence-corrected chi connectivity index (χ3v) is 3.39. The first-order valence-electron chi connectivity index (χ1n) is 5.53. The lowest BCUT2D eigenvalue weighted by Gasteiger charge is -2.19. The fourth-order valence-corrected chi connectivity index (χ4v) is 2.28. The van der Waals surface area contributed by atoms with Gasteiger partial charge in [-0.1, -0.05) is 20.8 Å². The number of nitrogens with one attached hydrogen (secondary N) is 1. The number of aliphatic hydroxyl groups is 1. The molecule has 0 heterocycles. The summed E-state index contributed by atoms with van der Waals surface area (Å²) in [6.07, 6.45) is 0. The second-order valence-electron chi connectivity index (χ2n) is 4.22. The van der Waals surface area contributed by atoms with Gasteiger partial charge in [0.05, 0.1) is 7.11 Å². The molecule has 5 heteroatoms. The molecular weight excluding hydrogens is 226 g/mol. The molecule has 0 aromatic carbocycles. The molecule has 0 spiro atoms. The number of methoxy groups -OCH3 is 1. The highest BCUT2D eigenvalue weighted by molar-refractivity contribution is 7.99. The van der Waals surface area contributed by atoms with E-state index in [1.165, 1.54) is 7.11 Å². The molecule has 0 rings (SSSR count). The van der Waals surface area contributed by atoms with E-state index in [0.717, 1.165) is 5.75 Å². The van der Waals surface area contributed by atoms with Crippen molar-refractivity contribution in [2.45, 2.75) is 32.9 Å². The van der Waals surface area contributed by atoms with Crippen molar-refractivity contribution in [1.29, 1.82) is 0 Å². The molecule has 0 bridgehead atoms. The van der Waals surface area contributed by atoms with E-state index in [2.05, 4.69) is 5.32 Å². The first-order chi connectivity index (χ1) is 7.51. The van der Waals surface area contributed by atoms with Crippen molar-refractivity contribution in [2.24, 2.45) is 5.92 Å². The van der Waals surface area contributed by atoms with Gasteiger partial charge >= 0.3 is 5.97 Å². The van der Waals surface area contributed by atoms with Crippen molar-refractivity contribution in [3.05, 3.63) is 0 Å². The first-order valence-corrected chi connectivity index (χ1v) is 6.69. The normalized spacial score (nSPS) is 14.9. The minimum atomic E-state index is -0.263. The van der Waals surface area contributed by atoms with Crippen LogP contribution in [0.5, 0.6) is 0 Å². The van der Waals surface area contributed by atoms with E-state index in [9.17, 15) is 4.79 Å². The smallest absolute Gasteiger partial charge is 0.323 e. The highest BCUT2D eigenvalue weighted by Gasteiger charge is 2.19. The Morgan fingerprint density at radius 2 is 2.00 bits per heavy atom. The summed E-state index contributed by atoms with van der Waals surface area (Å²) in [5.41, 5.74) is 0. The molecular formula is C11H23NO3S. The van der Waals surface area contributed by atoms with Gasteiger partial charge < -0.3 is 15.2 Å². The Hall–Kier alpha value is -0.260. The van der Waals surface area contributed by atoms with Crippen LogP contribution >= 0.6 is 11.8 Å². The summed E-state index contributed by atoms with van der Waals surface area (Å²) in [5.74, 6) is 1.57. The molecule has 0 saturated carbocycles. The van der Waals surface area contributed by atoms with Gasteiger partial charge in [0.1, 0.15) is 6.04 Å². The van der Waals surface area contributed by atoms with Gasteiger partial charge in [0, 0.05) is 18.4 Å². The van der Waals surface area contributed by atoms with Gasteiger partial charge in [-0.3, -0.25) is 4.79 Å². The van der Waals surface area contributed by atoms with Crippen LogP contribution in [0.3, 0.4) is 0 Å². The summed E-state index contributed by atoms with van der Waals surface area (Å²) in [4.78, 5) is 11.4. The molecule has 96 valence electrons. The maximum Gasteiger partial charge on any atom is 0.323 e. The van der Waals surface area contributed by atoms with Crippen molar-refractivity contribution in [1.82, 2.24) is 5.32 Å². The van der Waals surface area contributed by atoms with Crippen LogP contribution in [0.4, 0.5) is 0 Å². The lowest BCUT2D eigenvalue weighted by molar-refractivity contribution is -0.142. The monoisotopic (exact) mass is 249 g/mol. The maximum absolute atomic E-state index is 11.4. The van der Waals surface area contributed by atoms with Crippen molar-refractivity contribution < 1.29 is 14.6 Å².